The van der Waals surface area contributed by atoms with Crippen molar-refractivity contribution in [1.82, 2.24) is 19.8 Å². The summed E-state index contributed by atoms with van der Waals surface area (Å²) in [6.45, 7) is 5.47. The Hall–Kier alpha value is -1.54. The molecule has 4 atom stereocenters. The van der Waals surface area contributed by atoms with Gasteiger partial charge < -0.3 is 4.90 Å². The number of nitrogens with zero attached hydrogens (tertiary/aromatic N) is 5. The van der Waals surface area contributed by atoms with Crippen LogP contribution in [0.15, 0.2) is 16.9 Å². The van der Waals surface area contributed by atoms with Gasteiger partial charge in [-0.15, -0.1) is 0 Å². The summed E-state index contributed by atoms with van der Waals surface area (Å²) in [5, 5.41) is 0. The van der Waals surface area contributed by atoms with Crippen molar-refractivity contribution in [3.8, 4) is 0 Å². The topological polar surface area (TPSA) is 69.6 Å². The van der Waals surface area contributed by atoms with E-state index in [0.717, 1.165) is 75.2 Å². The van der Waals surface area contributed by atoms with Crippen molar-refractivity contribution in [2.45, 2.75) is 32.1 Å². The van der Waals surface area contributed by atoms with Crippen LogP contribution in [-0.2, 0) is 9.59 Å². The Kier molecular flexibility index (Phi) is 5.32. The van der Waals surface area contributed by atoms with Gasteiger partial charge in [0.1, 0.15) is 0 Å². The van der Waals surface area contributed by atoms with Gasteiger partial charge in [-0.25, -0.2) is 9.97 Å². The number of fused-ring (bicyclic) bond motifs is 5. The van der Waals surface area contributed by atoms with Crippen molar-refractivity contribution in [2.75, 3.05) is 44.2 Å². The van der Waals surface area contributed by atoms with Crippen molar-refractivity contribution in [1.29, 1.82) is 0 Å². The molecule has 2 aliphatic heterocycles. The molecule has 2 aliphatic carbocycles. The number of carbonyl (C=O) groups excluding carboxylic acids is 2. The zero-order valence-electron chi connectivity index (χ0n) is 16.7. The van der Waals surface area contributed by atoms with E-state index in [1.807, 2.05) is 0 Å². The highest BCUT2D eigenvalue weighted by Gasteiger charge is 2.60. The minimum absolute atomic E-state index is 0.0233. The lowest BCUT2D eigenvalue weighted by molar-refractivity contribution is -0.140. The molecule has 2 amide bonds. The number of hydrogen-bond donors (Lipinski definition) is 0. The smallest absolute Gasteiger partial charge is 0.233 e. The van der Waals surface area contributed by atoms with Gasteiger partial charge in [0, 0.05) is 45.1 Å². The van der Waals surface area contributed by atoms with E-state index in [4.69, 9.17) is 0 Å². The lowest BCUT2D eigenvalue weighted by atomic mass is 9.81. The Morgan fingerprint density at radius 2 is 1.48 bits per heavy atom. The van der Waals surface area contributed by atoms with Crippen LogP contribution in [0.5, 0.6) is 0 Å². The number of likely N-dealkylation sites (tertiary alicyclic amines) is 1. The maximum atomic E-state index is 12.7. The van der Waals surface area contributed by atoms with E-state index in [1.165, 1.54) is 0 Å². The monoisotopic (exact) mass is 461 g/mol. The average molecular weight is 462 g/mol. The van der Waals surface area contributed by atoms with Crippen LogP contribution in [0.25, 0.3) is 0 Å². The third-order valence-electron chi connectivity index (χ3n) is 7.39. The van der Waals surface area contributed by atoms with Gasteiger partial charge in [-0.1, -0.05) is 0 Å². The first-order valence-corrected chi connectivity index (χ1v) is 11.7. The number of imide groups is 1. The van der Waals surface area contributed by atoms with Crippen LogP contribution >= 0.6 is 15.9 Å². The fourth-order valence-electron chi connectivity index (χ4n) is 5.94. The van der Waals surface area contributed by atoms with E-state index in [1.54, 1.807) is 17.3 Å². The molecular weight excluding hydrogens is 434 g/mol. The zero-order chi connectivity index (χ0) is 20.0. The van der Waals surface area contributed by atoms with Crippen LogP contribution in [0.3, 0.4) is 0 Å². The Morgan fingerprint density at radius 1 is 0.897 bits per heavy atom. The van der Waals surface area contributed by atoms with Gasteiger partial charge in [-0.2, -0.15) is 0 Å². The van der Waals surface area contributed by atoms with Crippen LogP contribution in [0.1, 0.15) is 32.1 Å². The maximum absolute atomic E-state index is 12.7. The number of unbranched alkanes of at least 4 members (excludes halogenated alkanes) is 1. The summed E-state index contributed by atoms with van der Waals surface area (Å²) in [5.41, 5.74) is 0. The fourth-order valence-corrected chi connectivity index (χ4v) is 6.14. The molecule has 8 heteroatoms. The summed E-state index contributed by atoms with van der Waals surface area (Å²) in [7, 11) is 0. The van der Waals surface area contributed by atoms with E-state index >= 15 is 0 Å². The molecule has 0 unspecified atom stereocenters. The van der Waals surface area contributed by atoms with Gasteiger partial charge in [0.25, 0.3) is 0 Å². The molecule has 3 heterocycles. The summed E-state index contributed by atoms with van der Waals surface area (Å²) >= 11 is 3.37. The molecule has 1 aromatic heterocycles. The van der Waals surface area contributed by atoms with Crippen LogP contribution < -0.4 is 4.90 Å². The number of anilines is 1. The summed E-state index contributed by atoms with van der Waals surface area (Å²) in [6.07, 6.45) is 8.91. The minimum Gasteiger partial charge on any atom is -0.338 e. The molecule has 156 valence electrons. The predicted molar refractivity (Wildman–Crippen MR) is 112 cm³/mol. The van der Waals surface area contributed by atoms with E-state index in [2.05, 4.69) is 35.7 Å². The molecular formula is C21H28BrN5O2. The Labute approximate surface area is 180 Å². The number of hydrogen-bond acceptors (Lipinski definition) is 6. The van der Waals surface area contributed by atoms with E-state index < -0.39 is 0 Å². The average Bonchev–Trinajstić information content (AvgIpc) is 3.41. The first-order chi connectivity index (χ1) is 14.1. The lowest BCUT2D eigenvalue weighted by Gasteiger charge is -2.34. The van der Waals surface area contributed by atoms with Gasteiger partial charge in [0.15, 0.2) is 0 Å². The molecule has 0 spiro atoms. The summed E-state index contributed by atoms with van der Waals surface area (Å²) in [6, 6.07) is 0. The number of carbonyl (C=O) groups is 2. The van der Waals surface area contributed by atoms with Gasteiger partial charge in [0.05, 0.1) is 16.3 Å². The van der Waals surface area contributed by atoms with Crippen molar-refractivity contribution in [3.05, 3.63) is 16.9 Å². The Morgan fingerprint density at radius 3 is 2.10 bits per heavy atom. The number of halogens is 1. The number of amides is 2. The summed E-state index contributed by atoms with van der Waals surface area (Å²) in [4.78, 5) is 40.5. The van der Waals surface area contributed by atoms with Crippen molar-refractivity contribution in [2.24, 2.45) is 23.7 Å². The molecule has 2 saturated heterocycles. The van der Waals surface area contributed by atoms with Gasteiger partial charge in [-0.3, -0.25) is 19.4 Å². The van der Waals surface area contributed by atoms with Crippen molar-refractivity contribution >= 4 is 33.7 Å². The van der Waals surface area contributed by atoms with E-state index in [9.17, 15) is 9.59 Å². The van der Waals surface area contributed by atoms with Crippen LogP contribution in [0, 0.1) is 23.7 Å². The van der Waals surface area contributed by atoms with Crippen molar-refractivity contribution in [3.63, 3.8) is 0 Å². The first kappa shape index (κ1) is 19.4. The molecule has 7 nitrogen and oxygen atoms in total. The molecule has 2 saturated carbocycles. The van der Waals surface area contributed by atoms with Gasteiger partial charge in [0.2, 0.25) is 17.8 Å². The van der Waals surface area contributed by atoms with Gasteiger partial charge >= 0.3 is 0 Å². The molecule has 2 bridgehead atoms. The van der Waals surface area contributed by atoms with E-state index in [0.29, 0.717) is 18.4 Å². The number of rotatable bonds is 6. The minimum atomic E-state index is 0.0233. The van der Waals surface area contributed by atoms with Crippen LogP contribution in [0.4, 0.5) is 5.95 Å². The molecule has 5 rings (SSSR count). The Balaban J connectivity index is 1.05. The third-order valence-corrected chi connectivity index (χ3v) is 7.80. The molecule has 0 radical (unpaired) electrons. The second-order valence-electron chi connectivity index (χ2n) is 8.95. The molecule has 0 N–H and O–H groups in total. The number of piperazine rings is 1. The number of aromatic nitrogens is 2. The highest BCUT2D eigenvalue weighted by molar-refractivity contribution is 9.10. The highest BCUT2D eigenvalue weighted by atomic mass is 79.9. The standard InChI is InChI=1S/C21H28BrN5O2/c22-16-12-23-21(24-13-16)26-9-7-25(8-10-26)5-1-2-6-27-19(28)17-14-3-4-15(11-14)18(17)20(27)29/h12-15,17-18H,1-11H2/t14-,15+,17-,18+. The second-order valence-corrected chi connectivity index (χ2v) is 9.87. The quantitative estimate of drug-likeness (QED) is 0.477. The fraction of sp³-hybridized carbons (Fsp3) is 0.714. The molecule has 4 aliphatic rings. The Bertz CT molecular complexity index is 752. The summed E-state index contributed by atoms with van der Waals surface area (Å²) in [5.74, 6) is 2.07. The molecule has 0 aromatic carbocycles. The summed E-state index contributed by atoms with van der Waals surface area (Å²) < 4.78 is 0.895. The van der Waals surface area contributed by atoms with E-state index in [-0.39, 0.29) is 23.7 Å². The zero-order valence-corrected chi connectivity index (χ0v) is 18.3. The molecule has 4 fully saturated rings. The largest absolute Gasteiger partial charge is 0.338 e. The van der Waals surface area contributed by atoms with Crippen LogP contribution in [-0.4, -0.2) is 70.9 Å². The molecule has 29 heavy (non-hydrogen) atoms. The van der Waals surface area contributed by atoms with Gasteiger partial charge in [-0.05, 0) is 66.4 Å². The maximum Gasteiger partial charge on any atom is 0.233 e. The second kappa shape index (κ2) is 7.95. The van der Waals surface area contributed by atoms with Crippen LogP contribution in [0.2, 0.25) is 0 Å². The normalized spacial score (nSPS) is 31.8. The molecule has 1 aromatic rings. The first-order valence-electron chi connectivity index (χ1n) is 10.9. The predicted octanol–water partition coefficient (Wildman–Crippen LogP) is 2.17. The SMILES string of the molecule is O=C1[C@@H]2[C@@H]3CC[C@@H](C3)[C@@H]2C(=O)N1CCCCN1CCN(c2ncc(Br)cn2)CC1. The van der Waals surface area contributed by atoms with Crippen molar-refractivity contribution < 1.29 is 9.59 Å². The highest BCUT2D eigenvalue weighted by Crippen LogP contribution is 2.56. The lowest BCUT2D eigenvalue weighted by Crippen LogP contribution is -2.47. The third kappa shape index (κ3) is 3.58.